The number of carbonyl (C=O) groups is 5. The van der Waals surface area contributed by atoms with Gasteiger partial charge in [-0.25, -0.2) is 36.7 Å². The van der Waals surface area contributed by atoms with E-state index in [2.05, 4.69) is 41.0 Å². The average Bonchev–Trinajstić information content (AvgIpc) is 1.68. The van der Waals surface area contributed by atoms with Gasteiger partial charge in [0.25, 0.3) is 5.91 Å². The summed E-state index contributed by atoms with van der Waals surface area (Å²) >= 11 is 0. The van der Waals surface area contributed by atoms with Crippen molar-refractivity contribution in [1.82, 2.24) is 45.7 Å². The summed E-state index contributed by atoms with van der Waals surface area (Å²) in [7, 11) is 0. The highest BCUT2D eigenvalue weighted by molar-refractivity contribution is 6.08. The van der Waals surface area contributed by atoms with E-state index in [-0.39, 0.29) is 141 Å². The van der Waals surface area contributed by atoms with Gasteiger partial charge in [-0.05, 0) is 184 Å². The van der Waals surface area contributed by atoms with Crippen molar-refractivity contribution in [2.75, 3.05) is 72.7 Å². The van der Waals surface area contributed by atoms with E-state index in [4.69, 9.17) is 43.4 Å². The Balaban J connectivity index is 0.000000179. The Morgan fingerprint density at radius 3 is 1.13 bits per heavy atom. The molecule has 0 unspecified atom stereocenters. The number of hydrogen-bond donors (Lipinski definition) is 10. The van der Waals surface area contributed by atoms with E-state index >= 15 is 0 Å². The van der Waals surface area contributed by atoms with Crippen LogP contribution in [-0.4, -0.2) is 185 Å². The molecule has 4 heterocycles. The van der Waals surface area contributed by atoms with Crippen LogP contribution in [0.1, 0.15) is 135 Å². The number of amides is 1. The average molecular weight is 1610 g/mol. The number of H-pyrrole nitrogens is 3. The zero-order valence-corrected chi connectivity index (χ0v) is 64.7. The summed E-state index contributed by atoms with van der Waals surface area (Å²) in [5.74, 6) is -3.07. The predicted molar refractivity (Wildman–Crippen MR) is 433 cm³/mol. The minimum absolute atomic E-state index is 0.000696. The minimum atomic E-state index is -1.13. The van der Waals surface area contributed by atoms with Crippen LogP contribution in [0.5, 0.6) is 23.0 Å². The summed E-state index contributed by atoms with van der Waals surface area (Å²) in [5, 5.41) is 86.2. The number of aromatic amines is 3. The van der Waals surface area contributed by atoms with Crippen LogP contribution in [0.15, 0.2) is 146 Å². The van der Waals surface area contributed by atoms with E-state index < -0.39 is 41.6 Å². The Kier molecular flexibility index (Phi) is 31.6. The Morgan fingerprint density at radius 2 is 0.786 bits per heavy atom. The molecule has 0 saturated heterocycles. The number of carboxylic acid groups (broad SMARTS) is 1. The fraction of sp³-hybridized carbons (Fsp3) is 0.244. The van der Waals surface area contributed by atoms with Gasteiger partial charge in [-0.3, -0.25) is 20.1 Å². The molecule has 0 bridgehead atoms. The van der Waals surface area contributed by atoms with Gasteiger partial charge in [-0.1, -0.05) is 86.7 Å². The fourth-order valence-corrected chi connectivity index (χ4v) is 11.4. The standard InChI is InChI=1S/C25H27FN2O6.C23H26FN3O4.C20H19FN2O4.C18H15FN2O4/c1-5-32-23(30)18-11-13-20-21(22(18)33-15-14-29)19(12-8-16-6-9-17(26)10-7-16)27-28(20)24(31)34-25(2,3)4;1-14(2)20(13-29)25-23(30)17-8-10-19-21(22(17)31-12-11-28)18(26-27-19)9-5-15-3-6-16(24)7-4-15;1-2-26-20(25)15-8-10-17-18(19(15)27-12-11-24)16(22-23-17)9-5-13-3-6-14(21)7-4-13;19-12-4-1-11(2-5-12)3-7-14-16-15(21-20-14)8-6-13(18(23)24)17(16)25-10-9-22/h6-13,29H,5,14-15H2,1-4H3;3-10,14,20,28-29H,11-13H2,1-2H3,(H,25,30)(H,26,27);3-10,24H,2,11-12H2,1H3,(H,22,23);1-8,22H,9-10H2,(H,20,21)(H,23,24)/b12-8+;2*9-5+;7-3+/t;20-;;/m.1../s1. The summed E-state index contributed by atoms with van der Waals surface area (Å²) in [6.45, 7) is 11.6. The number of aliphatic hydroxyl groups is 5. The van der Waals surface area contributed by atoms with Crippen molar-refractivity contribution in [3.63, 3.8) is 0 Å². The normalized spacial score (nSPS) is 11.7. The highest BCUT2D eigenvalue weighted by Crippen LogP contribution is 2.38. The van der Waals surface area contributed by atoms with Gasteiger partial charge in [-0.2, -0.15) is 25.1 Å². The molecule has 0 fully saturated rings. The summed E-state index contributed by atoms with van der Waals surface area (Å²) in [4.78, 5) is 62.1. The van der Waals surface area contributed by atoms with E-state index in [0.29, 0.717) is 77.7 Å². The number of halogens is 4. The molecular weight excluding hydrogens is 1520 g/mol. The summed E-state index contributed by atoms with van der Waals surface area (Å²) in [6.07, 6.45) is 13.2. The van der Waals surface area contributed by atoms with Crippen molar-refractivity contribution >= 4 is 122 Å². The minimum Gasteiger partial charge on any atom is -0.490 e. The number of carboxylic acids is 1. The van der Waals surface area contributed by atoms with Gasteiger partial charge in [0, 0.05) is 0 Å². The SMILES string of the molecule is CC(C)[C@@H](CO)NC(=O)c1ccc2n[nH]c(/C=C/c3ccc(F)cc3)c2c1OCCO.CCOC(=O)c1ccc2c(c(/C=C/c3ccc(F)cc3)nn2C(=O)OC(C)(C)C)c1OCCO.CCOC(=O)c1ccc2n[nH]c(/C=C/c3ccc(F)cc3)c2c1OCCO.O=C(O)c1ccc2n[nH]c(/C=C/c3ccc(F)cc3)c2c1OCCO. The first-order valence-corrected chi connectivity index (χ1v) is 36.8. The number of ether oxygens (including phenoxy) is 7. The van der Waals surface area contributed by atoms with E-state index in [0.717, 1.165) is 21.4 Å². The van der Waals surface area contributed by atoms with E-state index in [1.54, 1.807) is 168 Å². The van der Waals surface area contributed by atoms with Crippen LogP contribution in [0.3, 0.4) is 0 Å². The van der Waals surface area contributed by atoms with Gasteiger partial charge in [0.2, 0.25) is 0 Å². The van der Waals surface area contributed by atoms with Crippen molar-refractivity contribution in [3.05, 3.63) is 236 Å². The van der Waals surface area contributed by atoms with Crippen LogP contribution in [0.2, 0.25) is 0 Å². The zero-order valence-electron chi connectivity index (χ0n) is 64.7. The van der Waals surface area contributed by atoms with Crippen molar-refractivity contribution in [1.29, 1.82) is 0 Å². The second kappa shape index (κ2) is 42.2. The number of aliphatic hydroxyl groups excluding tert-OH is 5. The van der Waals surface area contributed by atoms with Gasteiger partial charge in [0.15, 0.2) is 0 Å². The van der Waals surface area contributed by atoms with E-state index in [1.807, 2.05) is 13.8 Å². The smallest absolute Gasteiger partial charge is 0.435 e. The summed E-state index contributed by atoms with van der Waals surface area (Å²) in [5.41, 5.74) is 7.11. The first-order valence-electron chi connectivity index (χ1n) is 36.8. The van der Waals surface area contributed by atoms with Crippen molar-refractivity contribution in [2.45, 2.75) is 60.1 Å². The second-order valence-corrected chi connectivity index (χ2v) is 26.6. The lowest BCUT2D eigenvalue weighted by atomic mass is 10.0. The van der Waals surface area contributed by atoms with E-state index in [9.17, 15) is 62.0 Å². The maximum atomic E-state index is 13.3. The number of fused-ring (bicyclic) bond motifs is 4. The lowest BCUT2D eigenvalue weighted by Crippen LogP contribution is -2.41. The Bertz CT molecular complexity index is 5520. The monoisotopic (exact) mass is 1610 g/mol. The Morgan fingerprint density at radius 1 is 0.453 bits per heavy atom. The Hall–Kier alpha value is -13.3. The number of nitrogens with one attached hydrogen (secondary N) is 4. The first-order chi connectivity index (χ1) is 56.3. The number of nitrogens with zero attached hydrogens (tertiary/aromatic N) is 5. The Labute approximate surface area is 668 Å². The number of aromatic nitrogens is 8. The highest BCUT2D eigenvalue weighted by Gasteiger charge is 2.29. The first kappa shape index (κ1) is 87.6. The molecule has 12 aromatic rings. The molecule has 0 spiro atoms. The third-order valence-corrected chi connectivity index (χ3v) is 16.9. The van der Waals surface area contributed by atoms with Crippen LogP contribution in [0, 0.1) is 29.2 Å². The molecule has 8 aromatic carbocycles. The second-order valence-electron chi connectivity index (χ2n) is 26.6. The maximum Gasteiger partial charge on any atom is 0.435 e. The van der Waals surface area contributed by atoms with Gasteiger partial charge >= 0.3 is 24.0 Å². The maximum absolute atomic E-state index is 13.3. The number of benzene rings is 8. The third-order valence-electron chi connectivity index (χ3n) is 16.9. The van der Waals surface area contributed by atoms with Gasteiger partial charge < -0.3 is 69.1 Å². The molecule has 612 valence electrons. The molecule has 0 radical (unpaired) electrons. The van der Waals surface area contributed by atoms with Crippen LogP contribution in [0.4, 0.5) is 22.4 Å². The van der Waals surface area contributed by atoms with Crippen LogP contribution in [-0.2, 0) is 14.2 Å². The lowest BCUT2D eigenvalue weighted by Gasteiger charge is -2.21. The molecule has 1 amide bonds. The number of aromatic carboxylic acids is 1. The molecular formula is C86H87F4N9O18. The molecule has 0 saturated carbocycles. The number of rotatable bonds is 29. The molecule has 4 aromatic heterocycles. The van der Waals surface area contributed by atoms with Gasteiger partial charge in [0.05, 0.1) is 124 Å². The predicted octanol–water partition coefficient (Wildman–Crippen LogP) is 14.0. The van der Waals surface area contributed by atoms with Crippen molar-refractivity contribution in [2.24, 2.45) is 5.92 Å². The van der Waals surface area contributed by atoms with Crippen molar-refractivity contribution < 1.29 is 105 Å². The molecule has 0 aliphatic carbocycles. The van der Waals surface area contributed by atoms with Gasteiger partial charge in [0.1, 0.15) is 95.0 Å². The molecule has 0 aliphatic rings. The number of hydrogen-bond acceptors (Lipinski definition) is 21. The van der Waals surface area contributed by atoms with Crippen molar-refractivity contribution in [3.8, 4) is 23.0 Å². The fourth-order valence-electron chi connectivity index (χ4n) is 11.4. The van der Waals surface area contributed by atoms with Gasteiger partial charge in [-0.15, -0.1) is 0 Å². The van der Waals surface area contributed by atoms with Crippen LogP contribution >= 0.6 is 0 Å². The highest BCUT2D eigenvalue weighted by atomic mass is 19.1. The molecule has 10 N–H and O–H groups in total. The number of esters is 2. The third kappa shape index (κ3) is 23.4. The van der Waals surface area contributed by atoms with Crippen LogP contribution < -0.4 is 24.3 Å². The van der Waals surface area contributed by atoms with E-state index in [1.165, 1.54) is 60.7 Å². The zero-order chi connectivity index (χ0) is 84.3. The largest absolute Gasteiger partial charge is 0.490 e. The topological polar surface area (TPSA) is 387 Å². The lowest BCUT2D eigenvalue weighted by molar-refractivity contribution is 0.0510. The molecule has 1 atom stereocenters. The van der Waals surface area contributed by atoms with Crippen LogP contribution in [0.25, 0.3) is 92.2 Å². The molecule has 117 heavy (non-hydrogen) atoms. The quantitative estimate of drug-likeness (QED) is 0.0118. The summed E-state index contributed by atoms with van der Waals surface area (Å²) in [6, 6.07) is 36.0. The molecule has 27 nitrogen and oxygen atoms in total. The number of carbonyl (C=O) groups excluding carboxylic acids is 4. The molecule has 12 rings (SSSR count). The molecule has 31 heteroatoms. The summed E-state index contributed by atoms with van der Waals surface area (Å²) < 4.78 is 91.8. The molecule has 0 aliphatic heterocycles.